The highest BCUT2D eigenvalue weighted by molar-refractivity contribution is 6.40. The molecule has 0 saturated carbocycles. The fourth-order valence-electron chi connectivity index (χ4n) is 5.21. The minimum absolute atomic E-state index is 0.137. The predicted molar refractivity (Wildman–Crippen MR) is 147 cm³/mol. The van der Waals surface area contributed by atoms with E-state index in [1.165, 1.54) is 43.3 Å². The maximum Gasteiger partial charge on any atom is 0.417 e. The molecule has 5 rings (SSSR count). The van der Waals surface area contributed by atoms with Crippen molar-refractivity contribution < 1.29 is 35.1 Å². The number of benzene rings is 3. The first-order valence-electron chi connectivity index (χ1n) is 12.8. The third-order valence-corrected chi connectivity index (χ3v) is 7.14. The first-order chi connectivity index (χ1) is 22.1. The van der Waals surface area contributed by atoms with Crippen LogP contribution in [0.1, 0.15) is 44.5 Å². The first kappa shape index (κ1) is 31.8. The van der Waals surface area contributed by atoms with Gasteiger partial charge in [0.05, 0.1) is 45.3 Å². The minimum Gasteiger partial charge on any atom is -0.244 e. The number of rotatable bonds is 2. The van der Waals surface area contributed by atoms with Crippen molar-refractivity contribution in [3.63, 3.8) is 0 Å². The van der Waals surface area contributed by atoms with E-state index in [-0.39, 0.29) is 5.56 Å². The Hall–Kier alpha value is -6.63. The number of aryl methyl sites for hydroxylation is 1. The average molecular weight is 643 g/mol. The zero-order chi connectivity index (χ0) is 34.6. The van der Waals surface area contributed by atoms with Crippen LogP contribution in [0.2, 0.25) is 0 Å². The molecule has 0 spiro atoms. The fourth-order valence-corrected chi connectivity index (χ4v) is 5.21. The summed E-state index contributed by atoms with van der Waals surface area (Å²) in [5.41, 5.74) is -14.3. The summed E-state index contributed by atoms with van der Waals surface area (Å²) in [5.74, 6) is -3.22. The molecule has 3 aromatic carbocycles. The quantitative estimate of drug-likeness (QED) is 0.205. The zero-order valence-corrected chi connectivity index (χ0v) is 23.1. The molecule has 0 aliphatic carbocycles. The Morgan fingerprint density at radius 3 is 1.40 bits per heavy atom. The molecule has 15 heteroatoms. The van der Waals surface area contributed by atoms with Crippen LogP contribution in [0.25, 0.3) is 11.1 Å². The molecule has 0 N–H and O–H groups in total. The lowest BCUT2D eigenvalue weighted by Gasteiger charge is -2.15. The molecule has 7 nitrogen and oxygen atoms in total. The lowest BCUT2D eigenvalue weighted by Crippen LogP contribution is -2.15. The largest absolute Gasteiger partial charge is 0.417 e. The van der Waals surface area contributed by atoms with Gasteiger partial charge in [0.2, 0.25) is 0 Å². The number of nitriles is 5. The average Bonchev–Trinajstić information content (AvgIpc) is 3.61. The number of allylic oxidation sites excluding steroid dienone is 4. The van der Waals surface area contributed by atoms with Crippen molar-refractivity contribution in [1.82, 2.24) is 0 Å². The minimum atomic E-state index is -5.17. The molecule has 2 heterocycles. The second-order valence-corrected chi connectivity index (χ2v) is 9.86. The van der Waals surface area contributed by atoms with Gasteiger partial charge in [0, 0.05) is 22.3 Å². The van der Waals surface area contributed by atoms with Crippen molar-refractivity contribution in [2.24, 2.45) is 9.98 Å². The lowest BCUT2D eigenvalue weighted by atomic mass is 9.87. The Labute approximate surface area is 258 Å². The van der Waals surface area contributed by atoms with E-state index in [0.717, 1.165) is 18.2 Å². The molecule has 0 saturated heterocycles. The van der Waals surface area contributed by atoms with Crippen LogP contribution >= 0.6 is 0 Å². The van der Waals surface area contributed by atoms with Crippen molar-refractivity contribution in [2.75, 3.05) is 0 Å². The van der Waals surface area contributed by atoms with Crippen LogP contribution < -0.4 is 0 Å². The van der Waals surface area contributed by atoms with E-state index in [1.54, 1.807) is 0 Å². The van der Waals surface area contributed by atoms with Crippen LogP contribution in [0.3, 0.4) is 0 Å². The standard InChI is InChI=1S/C32H9F8N7/c1-13-2-4-17(19(6-13)31(35,36)37)27-21(15(9-42)10-43)23-25(33)30-24(26(34)29(23)46-27)22(16(11-44)12-45)28(47-30)18-5-3-14(8-41)7-20(18)32(38,39)40/h2-7H,1H3. The summed E-state index contributed by atoms with van der Waals surface area (Å²) in [6.45, 7) is 1.34. The summed E-state index contributed by atoms with van der Waals surface area (Å²) >= 11 is 0. The predicted octanol–water partition coefficient (Wildman–Crippen LogP) is 8.05. The van der Waals surface area contributed by atoms with Crippen LogP contribution in [0.15, 0.2) is 57.5 Å². The number of hydrogen-bond donors (Lipinski definition) is 0. The van der Waals surface area contributed by atoms with Gasteiger partial charge in [-0.05, 0) is 25.1 Å². The molecule has 0 aromatic heterocycles. The van der Waals surface area contributed by atoms with E-state index in [0.29, 0.717) is 12.1 Å². The van der Waals surface area contributed by atoms with Gasteiger partial charge in [0.25, 0.3) is 0 Å². The molecule has 2 aliphatic rings. The molecule has 228 valence electrons. The van der Waals surface area contributed by atoms with E-state index in [9.17, 15) is 47.4 Å². The van der Waals surface area contributed by atoms with Crippen LogP contribution in [0.5, 0.6) is 0 Å². The Bertz CT molecular complexity index is 2270. The van der Waals surface area contributed by atoms with E-state index in [1.807, 2.05) is 0 Å². The number of aliphatic imine (C=N–C) groups is 2. The number of fused-ring (bicyclic) bond motifs is 2. The summed E-state index contributed by atoms with van der Waals surface area (Å²) in [7, 11) is 0. The summed E-state index contributed by atoms with van der Waals surface area (Å²) in [4.78, 5) is 7.71. The van der Waals surface area contributed by atoms with Crippen molar-refractivity contribution in [1.29, 1.82) is 26.3 Å². The maximum absolute atomic E-state index is 16.5. The fraction of sp³-hybridized carbons (Fsp3) is 0.0938. The van der Waals surface area contributed by atoms with E-state index in [4.69, 9.17) is 5.26 Å². The van der Waals surface area contributed by atoms with Gasteiger partial charge < -0.3 is 0 Å². The van der Waals surface area contributed by atoms with Crippen molar-refractivity contribution in [3.05, 3.63) is 104 Å². The van der Waals surface area contributed by atoms with Gasteiger partial charge >= 0.3 is 12.4 Å². The molecular weight excluding hydrogens is 634 g/mol. The molecule has 0 fully saturated rings. The number of alkyl halides is 6. The van der Waals surface area contributed by atoms with Crippen molar-refractivity contribution >= 4 is 33.9 Å². The molecule has 0 bridgehead atoms. The van der Waals surface area contributed by atoms with E-state index in [2.05, 4.69) is 9.98 Å². The first-order valence-corrected chi connectivity index (χ1v) is 12.8. The summed E-state index contributed by atoms with van der Waals surface area (Å²) in [6.07, 6.45) is -10.2. The highest BCUT2D eigenvalue weighted by Gasteiger charge is 2.44. The van der Waals surface area contributed by atoms with Gasteiger partial charge in [-0.3, -0.25) is 0 Å². The van der Waals surface area contributed by atoms with Crippen LogP contribution in [-0.2, 0) is 12.4 Å². The molecule has 0 amide bonds. The number of hydrogen-bond acceptors (Lipinski definition) is 7. The summed E-state index contributed by atoms with van der Waals surface area (Å²) < 4.78 is 118. The molecule has 0 atom stereocenters. The van der Waals surface area contributed by atoms with Gasteiger partial charge in [-0.2, -0.15) is 52.7 Å². The normalized spacial score (nSPS) is 13.3. The third kappa shape index (κ3) is 4.95. The summed E-state index contributed by atoms with van der Waals surface area (Å²) in [6, 6.07) is 12.1. The van der Waals surface area contributed by atoms with Crippen molar-refractivity contribution in [3.8, 4) is 30.3 Å². The lowest BCUT2D eigenvalue weighted by molar-refractivity contribution is -0.138. The monoisotopic (exact) mass is 643 g/mol. The summed E-state index contributed by atoms with van der Waals surface area (Å²) in [5, 5.41) is 47.8. The topological polar surface area (TPSA) is 144 Å². The van der Waals surface area contributed by atoms with Crippen LogP contribution in [-0.4, -0.2) is 11.4 Å². The molecule has 0 radical (unpaired) electrons. The van der Waals surface area contributed by atoms with E-state index < -0.39 is 108 Å². The highest BCUT2D eigenvalue weighted by atomic mass is 19.4. The van der Waals surface area contributed by atoms with Gasteiger partial charge in [-0.15, -0.1) is 0 Å². The Balaban J connectivity index is 1.92. The second-order valence-electron chi connectivity index (χ2n) is 9.86. The van der Waals surface area contributed by atoms with Crippen molar-refractivity contribution in [2.45, 2.75) is 19.3 Å². The van der Waals surface area contributed by atoms with Crippen LogP contribution in [0, 0.1) is 75.2 Å². The highest BCUT2D eigenvalue weighted by Crippen LogP contribution is 2.53. The van der Waals surface area contributed by atoms with Gasteiger partial charge in [-0.1, -0.05) is 23.8 Å². The number of halogens is 8. The smallest absolute Gasteiger partial charge is 0.244 e. The molecule has 2 aliphatic heterocycles. The third-order valence-electron chi connectivity index (χ3n) is 7.14. The molecule has 0 unspecified atom stereocenters. The zero-order valence-electron chi connectivity index (χ0n) is 23.1. The second kappa shape index (κ2) is 11.1. The maximum atomic E-state index is 16.5. The van der Waals surface area contributed by atoms with Gasteiger partial charge in [0.1, 0.15) is 46.8 Å². The number of nitrogens with zero attached hydrogens (tertiary/aromatic N) is 7. The Kier molecular flexibility index (Phi) is 7.48. The molecular formula is C32H9F8N7. The Morgan fingerprint density at radius 1 is 0.617 bits per heavy atom. The molecule has 3 aromatic rings. The SMILES string of the molecule is Cc1ccc(C2=Nc3c(F)c4c(c(F)c3C2=C(C#N)C#N)N=C(c2ccc(C#N)cc2C(F)(F)F)C4=C(C#N)C#N)c(C(F)(F)F)c1. The van der Waals surface area contributed by atoms with Crippen LogP contribution in [0.4, 0.5) is 46.5 Å². The van der Waals surface area contributed by atoms with E-state index >= 15 is 8.78 Å². The van der Waals surface area contributed by atoms with Gasteiger partial charge in [0.15, 0.2) is 11.6 Å². The van der Waals surface area contributed by atoms with Gasteiger partial charge in [-0.25, -0.2) is 18.8 Å². The Morgan fingerprint density at radius 2 is 1.02 bits per heavy atom. The molecule has 47 heavy (non-hydrogen) atoms.